The van der Waals surface area contributed by atoms with E-state index >= 15 is 0 Å². The summed E-state index contributed by atoms with van der Waals surface area (Å²) in [4.78, 5) is 19.4. The molecule has 0 saturated carbocycles. The van der Waals surface area contributed by atoms with Crippen molar-refractivity contribution in [2.75, 3.05) is 11.9 Å². The third-order valence-corrected chi connectivity index (χ3v) is 2.78. The summed E-state index contributed by atoms with van der Waals surface area (Å²) in [5.41, 5.74) is 0.923. The molecule has 0 fully saturated rings. The van der Waals surface area contributed by atoms with Crippen LogP contribution in [0.3, 0.4) is 0 Å². The van der Waals surface area contributed by atoms with E-state index in [9.17, 15) is 4.79 Å². The average Bonchev–Trinajstić information content (AvgIpc) is 2.74. The Morgan fingerprint density at radius 2 is 2.26 bits per heavy atom. The highest BCUT2D eigenvalue weighted by molar-refractivity contribution is 5.88. The van der Waals surface area contributed by atoms with Gasteiger partial charge in [0.05, 0.1) is 5.56 Å². The van der Waals surface area contributed by atoms with Crippen molar-refractivity contribution in [3.8, 4) is 0 Å². The molecule has 0 saturated heterocycles. The van der Waals surface area contributed by atoms with Gasteiger partial charge in [0.15, 0.2) is 0 Å². The van der Waals surface area contributed by atoms with Crippen molar-refractivity contribution in [1.82, 2.24) is 14.5 Å². The summed E-state index contributed by atoms with van der Waals surface area (Å²) in [6.07, 6.45) is 4.40. The Hall–Kier alpha value is -2.37. The number of aryl methyl sites for hydroxylation is 2. The molecule has 0 amide bonds. The van der Waals surface area contributed by atoms with Crippen LogP contribution in [0.4, 0.5) is 5.82 Å². The molecule has 0 atom stereocenters. The summed E-state index contributed by atoms with van der Waals surface area (Å²) in [6.45, 7) is 2.43. The van der Waals surface area contributed by atoms with Crippen LogP contribution in [0.15, 0.2) is 24.5 Å². The number of hydrogen-bond donors (Lipinski definition) is 2. The molecular weight excluding hydrogens is 244 g/mol. The van der Waals surface area contributed by atoms with Gasteiger partial charge in [-0.1, -0.05) is 0 Å². The van der Waals surface area contributed by atoms with Gasteiger partial charge < -0.3 is 15.0 Å². The Bertz CT molecular complexity index is 592. The number of carboxylic acid groups (broad SMARTS) is 1. The van der Waals surface area contributed by atoms with Gasteiger partial charge in [0, 0.05) is 38.1 Å². The molecule has 0 aliphatic heterocycles. The van der Waals surface area contributed by atoms with Gasteiger partial charge in [0.2, 0.25) is 0 Å². The Kier molecular flexibility index (Phi) is 3.79. The lowest BCUT2D eigenvalue weighted by Crippen LogP contribution is -2.11. The maximum atomic E-state index is 10.9. The second-order valence-corrected chi connectivity index (χ2v) is 4.32. The van der Waals surface area contributed by atoms with E-state index in [1.54, 1.807) is 19.2 Å². The minimum Gasteiger partial charge on any atom is -0.478 e. The topological polar surface area (TPSA) is 80.0 Å². The smallest absolute Gasteiger partial charge is 0.335 e. The molecule has 6 nitrogen and oxygen atoms in total. The molecule has 100 valence electrons. The maximum Gasteiger partial charge on any atom is 0.335 e. The number of nitrogens with one attached hydrogen (secondary N) is 1. The monoisotopic (exact) mass is 260 g/mol. The third-order valence-electron chi connectivity index (χ3n) is 2.78. The number of nitrogens with zero attached hydrogens (tertiary/aromatic N) is 3. The highest BCUT2D eigenvalue weighted by Gasteiger charge is 2.06. The summed E-state index contributed by atoms with van der Waals surface area (Å²) in [7, 11) is 1.94. The van der Waals surface area contributed by atoms with Gasteiger partial charge >= 0.3 is 5.97 Å². The molecule has 19 heavy (non-hydrogen) atoms. The van der Waals surface area contributed by atoms with Gasteiger partial charge in [0.1, 0.15) is 11.6 Å². The number of pyridine rings is 1. The van der Waals surface area contributed by atoms with E-state index in [1.807, 2.05) is 17.8 Å². The molecule has 0 aliphatic rings. The normalized spacial score (nSPS) is 10.4. The van der Waals surface area contributed by atoms with E-state index in [0.29, 0.717) is 18.1 Å². The van der Waals surface area contributed by atoms with E-state index < -0.39 is 5.97 Å². The van der Waals surface area contributed by atoms with Crippen molar-refractivity contribution in [3.05, 3.63) is 41.6 Å². The van der Waals surface area contributed by atoms with Crippen LogP contribution in [-0.2, 0) is 13.5 Å². The summed E-state index contributed by atoms with van der Waals surface area (Å²) >= 11 is 0. The Morgan fingerprint density at radius 1 is 1.47 bits per heavy atom. The van der Waals surface area contributed by atoms with Crippen LogP contribution in [0.2, 0.25) is 0 Å². The van der Waals surface area contributed by atoms with Crippen molar-refractivity contribution in [3.63, 3.8) is 0 Å². The fraction of sp³-hybridized carbons (Fsp3) is 0.308. The minimum absolute atomic E-state index is 0.243. The van der Waals surface area contributed by atoms with Gasteiger partial charge in [-0.3, -0.25) is 0 Å². The lowest BCUT2D eigenvalue weighted by Gasteiger charge is -2.07. The second kappa shape index (κ2) is 5.51. The Labute approximate surface area is 111 Å². The molecule has 2 heterocycles. The molecule has 2 aromatic rings. The molecule has 0 aromatic carbocycles. The number of rotatable bonds is 5. The fourth-order valence-corrected chi connectivity index (χ4v) is 1.82. The first-order valence-electron chi connectivity index (χ1n) is 5.98. The predicted octanol–water partition coefficient (Wildman–Crippen LogP) is 1.48. The largest absolute Gasteiger partial charge is 0.478 e. The molecule has 2 N–H and O–H groups in total. The third kappa shape index (κ3) is 3.31. The van der Waals surface area contributed by atoms with Crippen molar-refractivity contribution in [2.24, 2.45) is 7.05 Å². The average molecular weight is 260 g/mol. The van der Waals surface area contributed by atoms with Gasteiger partial charge in [-0.25, -0.2) is 14.8 Å². The number of hydrogen-bond acceptors (Lipinski definition) is 4. The van der Waals surface area contributed by atoms with E-state index in [0.717, 1.165) is 12.2 Å². The Balaban J connectivity index is 2.00. The minimum atomic E-state index is -0.947. The lowest BCUT2D eigenvalue weighted by atomic mass is 10.2. The molecule has 2 rings (SSSR count). The Morgan fingerprint density at radius 3 is 2.89 bits per heavy atom. The van der Waals surface area contributed by atoms with Crippen molar-refractivity contribution < 1.29 is 9.90 Å². The van der Waals surface area contributed by atoms with Gasteiger partial charge in [-0.05, 0) is 19.1 Å². The maximum absolute atomic E-state index is 10.9. The number of anilines is 1. The number of carbonyl (C=O) groups is 1. The molecule has 6 heteroatoms. The predicted molar refractivity (Wildman–Crippen MR) is 71.3 cm³/mol. The highest BCUT2D eigenvalue weighted by Crippen LogP contribution is 2.10. The molecule has 0 unspecified atom stereocenters. The van der Waals surface area contributed by atoms with Crippen LogP contribution >= 0.6 is 0 Å². The zero-order valence-corrected chi connectivity index (χ0v) is 10.9. The van der Waals surface area contributed by atoms with Crippen LogP contribution in [0.5, 0.6) is 0 Å². The summed E-state index contributed by atoms with van der Waals surface area (Å²) in [6, 6.07) is 3.08. The van der Waals surface area contributed by atoms with Crippen LogP contribution in [0.1, 0.15) is 21.9 Å². The van der Waals surface area contributed by atoms with Gasteiger partial charge in [-0.15, -0.1) is 0 Å². The zero-order valence-electron chi connectivity index (χ0n) is 10.9. The SMILES string of the molecule is Cc1cc(C(=O)O)cc(NCCc2nccn2C)n1. The molecular formula is C13H16N4O2. The van der Waals surface area contributed by atoms with Crippen LogP contribution in [-0.4, -0.2) is 32.2 Å². The van der Waals surface area contributed by atoms with E-state index in [4.69, 9.17) is 5.11 Å². The number of carboxylic acids is 1. The van der Waals surface area contributed by atoms with E-state index in [2.05, 4.69) is 15.3 Å². The fourth-order valence-electron chi connectivity index (χ4n) is 1.82. The molecule has 2 aromatic heterocycles. The van der Waals surface area contributed by atoms with E-state index in [-0.39, 0.29) is 5.56 Å². The quantitative estimate of drug-likeness (QED) is 0.851. The standard InChI is InChI=1S/C13H16N4O2/c1-9-7-10(13(18)19)8-11(16-9)14-4-3-12-15-5-6-17(12)2/h5-8H,3-4H2,1-2H3,(H,14,16)(H,18,19). The second-order valence-electron chi connectivity index (χ2n) is 4.32. The summed E-state index contributed by atoms with van der Waals surface area (Å²) in [5, 5.41) is 12.1. The highest BCUT2D eigenvalue weighted by atomic mass is 16.4. The lowest BCUT2D eigenvalue weighted by molar-refractivity contribution is 0.0696. The molecule has 0 spiro atoms. The van der Waals surface area contributed by atoms with Crippen molar-refractivity contribution >= 4 is 11.8 Å². The molecule has 0 radical (unpaired) electrons. The first-order chi connectivity index (χ1) is 9.06. The molecule has 0 bridgehead atoms. The van der Waals surface area contributed by atoms with Gasteiger partial charge in [-0.2, -0.15) is 0 Å². The van der Waals surface area contributed by atoms with Crippen LogP contribution in [0, 0.1) is 6.92 Å². The summed E-state index contributed by atoms with van der Waals surface area (Å²) < 4.78 is 1.95. The summed E-state index contributed by atoms with van der Waals surface area (Å²) in [5.74, 6) is 0.600. The first-order valence-corrected chi connectivity index (χ1v) is 5.98. The number of aromatic carboxylic acids is 1. The van der Waals surface area contributed by atoms with E-state index in [1.165, 1.54) is 6.07 Å². The number of aromatic nitrogens is 3. The van der Waals surface area contributed by atoms with Crippen molar-refractivity contribution in [2.45, 2.75) is 13.3 Å². The zero-order chi connectivity index (χ0) is 13.8. The first kappa shape index (κ1) is 13.1. The number of imidazole rings is 1. The molecule has 0 aliphatic carbocycles. The van der Waals surface area contributed by atoms with Gasteiger partial charge in [0.25, 0.3) is 0 Å². The van der Waals surface area contributed by atoms with Crippen molar-refractivity contribution in [1.29, 1.82) is 0 Å². The van der Waals surface area contributed by atoms with Crippen LogP contribution in [0.25, 0.3) is 0 Å². The van der Waals surface area contributed by atoms with Crippen LogP contribution < -0.4 is 5.32 Å².